The van der Waals surface area contributed by atoms with Gasteiger partial charge in [0.15, 0.2) is 0 Å². The van der Waals surface area contributed by atoms with Crippen LogP contribution in [0.3, 0.4) is 0 Å². The summed E-state index contributed by atoms with van der Waals surface area (Å²) in [4.78, 5) is 0. The third-order valence-corrected chi connectivity index (χ3v) is 13.5. The van der Waals surface area contributed by atoms with Crippen molar-refractivity contribution in [2.75, 3.05) is 0 Å². The molecule has 0 saturated heterocycles. The van der Waals surface area contributed by atoms with E-state index in [0.29, 0.717) is 11.8 Å². The average molecular weight is 782 g/mol. The predicted molar refractivity (Wildman–Crippen MR) is 253 cm³/mol. The summed E-state index contributed by atoms with van der Waals surface area (Å²) in [5, 5.41) is 6.77. The summed E-state index contributed by atoms with van der Waals surface area (Å²) in [6, 6.07) is 70.7. The maximum Gasteiger partial charge on any atom is 0.136 e. The van der Waals surface area contributed by atoms with Crippen LogP contribution in [-0.2, 0) is 6.42 Å². The molecule has 3 heteroatoms. The van der Waals surface area contributed by atoms with Gasteiger partial charge in [0, 0.05) is 38.0 Å². The first kappa shape index (κ1) is 34.3. The van der Waals surface area contributed by atoms with Gasteiger partial charge in [-0.15, -0.1) is 0 Å². The van der Waals surface area contributed by atoms with E-state index in [2.05, 4.69) is 206 Å². The minimum atomic E-state index is 0.347. The molecule has 0 aliphatic heterocycles. The van der Waals surface area contributed by atoms with E-state index in [-0.39, 0.29) is 0 Å². The topological polar surface area (TPSA) is 31.2 Å². The maximum absolute atomic E-state index is 6.57. The Hall–Kier alpha value is -7.62. The van der Waals surface area contributed by atoms with Gasteiger partial charge < -0.3 is 13.4 Å². The molecule has 0 bridgehead atoms. The first-order chi connectivity index (χ1) is 30.1. The summed E-state index contributed by atoms with van der Waals surface area (Å²) in [5.74, 6) is 0.750. The van der Waals surface area contributed by atoms with E-state index in [1.807, 2.05) is 0 Å². The quantitative estimate of drug-likeness (QED) is 0.174. The standard InChI is InChI=1S/C58H39NO2/c1-35(47-32-41-12-5-6-17-43(41)44-18-7-8-19-45(44)47)36-13-11-14-37(28-36)39-23-26-55-49(30-39)51-33-58-52(34-57(51)60-55)50-31-40(24-27-56(50)61-58)38-22-25-54-48(29-38)46-20-9-10-21-53(46)59(54)42-15-3-2-4-16-42/h2-31,33-35,47H,32H2,1H3. The summed E-state index contributed by atoms with van der Waals surface area (Å²) in [7, 11) is 0. The zero-order valence-corrected chi connectivity index (χ0v) is 33.6. The third-order valence-electron chi connectivity index (χ3n) is 13.5. The van der Waals surface area contributed by atoms with Crippen LogP contribution in [0.2, 0.25) is 0 Å². The summed E-state index contributed by atoms with van der Waals surface area (Å²) < 4.78 is 15.5. The van der Waals surface area contributed by atoms with Gasteiger partial charge in [-0.25, -0.2) is 0 Å². The Morgan fingerprint density at radius 1 is 0.426 bits per heavy atom. The molecule has 13 rings (SSSR count). The van der Waals surface area contributed by atoms with Crippen LogP contribution in [0.4, 0.5) is 0 Å². The maximum atomic E-state index is 6.57. The summed E-state index contributed by atoms with van der Waals surface area (Å²) in [6.07, 6.45) is 1.04. The second-order valence-electron chi connectivity index (χ2n) is 16.9. The van der Waals surface area contributed by atoms with Crippen molar-refractivity contribution in [1.29, 1.82) is 0 Å². The first-order valence-corrected chi connectivity index (χ1v) is 21.3. The van der Waals surface area contributed by atoms with E-state index in [1.54, 1.807) is 0 Å². The van der Waals surface area contributed by atoms with Crippen molar-refractivity contribution in [3.05, 3.63) is 211 Å². The molecule has 12 aromatic rings. The normalized spacial score (nSPS) is 14.3. The number of furan rings is 2. The number of fused-ring (bicyclic) bond motifs is 12. The Labute approximate surface area is 352 Å². The Morgan fingerprint density at radius 3 is 1.75 bits per heavy atom. The predicted octanol–water partition coefficient (Wildman–Crippen LogP) is 16.0. The van der Waals surface area contributed by atoms with Crippen LogP contribution >= 0.6 is 0 Å². The van der Waals surface area contributed by atoms with Crippen molar-refractivity contribution >= 4 is 65.7 Å². The molecule has 0 amide bonds. The van der Waals surface area contributed by atoms with Crippen LogP contribution in [0.5, 0.6) is 0 Å². The first-order valence-electron chi connectivity index (χ1n) is 21.3. The average Bonchev–Trinajstić information content (AvgIpc) is 3.98. The van der Waals surface area contributed by atoms with Crippen LogP contribution < -0.4 is 0 Å². The van der Waals surface area contributed by atoms with Gasteiger partial charge >= 0.3 is 0 Å². The molecule has 3 heterocycles. The summed E-state index contributed by atoms with van der Waals surface area (Å²) in [5.41, 5.74) is 18.7. The van der Waals surface area contributed by atoms with Crippen LogP contribution in [0.1, 0.15) is 35.4 Å². The van der Waals surface area contributed by atoms with Crippen molar-refractivity contribution in [1.82, 2.24) is 4.57 Å². The molecule has 288 valence electrons. The molecular weight excluding hydrogens is 743 g/mol. The van der Waals surface area contributed by atoms with E-state index in [4.69, 9.17) is 8.83 Å². The van der Waals surface area contributed by atoms with Crippen molar-refractivity contribution in [3.63, 3.8) is 0 Å². The van der Waals surface area contributed by atoms with E-state index < -0.39 is 0 Å². The largest absolute Gasteiger partial charge is 0.456 e. The third kappa shape index (κ3) is 5.30. The molecule has 2 unspecified atom stereocenters. The van der Waals surface area contributed by atoms with Crippen LogP contribution in [0.15, 0.2) is 203 Å². The van der Waals surface area contributed by atoms with Gasteiger partial charge in [-0.05, 0) is 135 Å². The highest BCUT2D eigenvalue weighted by molar-refractivity contribution is 6.16. The number of hydrogen-bond donors (Lipinski definition) is 0. The number of nitrogens with zero attached hydrogens (tertiary/aromatic N) is 1. The summed E-state index contributed by atoms with van der Waals surface area (Å²) in [6.45, 7) is 2.40. The Morgan fingerprint density at radius 2 is 1.00 bits per heavy atom. The number of aromatic nitrogens is 1. The second kappa shape index (κ2) is 13.2. The molecule has 3 aromatic heterocycles. The Balaban J connectivity index is 0.861. The highest BCUT2D eigenvalue weighted by Crippen LogP contribution is 2.47. The Bertz CT molecular complexity index is 3710. The lowest BCUT2D eigenvalue weighted by Crippen LogP contribution is -2.17. The van der Waals surface area contributed by atoms with Gasteiger partial charge in [-0.3, -0.25) is 0 Å². The van der Waals surface area contributed by atoms with Gasteiger partial charge in [-0.1, -0.05) is 134 Å². The smallest absolute Gasteiger partial charge is 0.136 e. The van der Waals surface area contributed by atoms with Crippen molar-refractivity contribution in [3.8, 4) is 39.1 Å². The van der Waals surface area contributed by atoms with Crippen LogP contribution in [0.25, 0.3) is 105 Å². The van der Waals surface area contributed by atoms with E-state index >= 15 is 0 Å². The van der Waals surface area contributed by atoms with Crippen LogP contribution in [-0.4, -0.2) is 4.57 Å². The van der Waals surface area contributed by atoms with Crippen molar-refractivity contribution in [2.24, 2.45) is 0 Å². The molecule has 61 heavy (non-hydrogen) atoms. The lowest BCUT2D eigenvalue weighted by atomic mass is 9.71. The molecule has 0 saturated carbocycles. The molecule has 3 nitrogen and oxygen atoms in total. The lowest BCUT2D eigenvalue weighted by Gasteiger charge is -2.32. The van der Waals surface area contributed by atoms with E-state index in [1.165, 1.54) is 66.3 Å². The fraction of sp³-hybridized carbons (Fsp3) is 0.0690. The van der Waals surface area contributed by atoms with Crippen LogP contribution in [0, 0.1) is 0 Å². The number of para-hydroxylation sites is 2. The number of benzene rings is 9. The summed E-state index contributed by atoms with van der Waals surface area (Å²) >= 11 is 0. The SMILES string of the molecule is CC(c1cccc(-c2ccc3oc4cc5c(cc4c3c2)oc2ccc(-c3ccc4c(c3)c3ccccc3n4-c3ccccc3)cc25)c1)C1Cc2ccccc2-c2ccccc21. The Kier molecular flexibility index (Phi) is 7.41. The van der Waals surface area contributed by atoms with Crippen molar-refractivity contribution in [2.45, 2.75) is 25.2 Å². The van der Waals surface area contributed by atoms with E-state index in [0.717, 1.165) is 61.5 Å². The molecule has 0 N–H and O–H groups in total. The van der Waals surface area contributed by atoms with Gasteiger partial charge in [0.25, 0.3) is 0 Å². The fourth-order valence-corrected chi connectivity index (χ4v) is 10.5. The second-order valence-corrected chi connectivity index (χ2v) is 16.9. The molecule has 0 spiro atoms. The molecule has 0 radical (unpaired) electrons. The zero-order valence-electron chi connectivity index (χ0n) is 33.6. The highest BCUT2D eigenvalue weighted by atomic mass is 16.3. The fourth-order valence-electron chi connectivity index (χ4n) is 10.5. The lowest BCUT2D eigenvalue weighted by molar-refractivity contribution is 0.568. The monoisotopic (exact) mass is 781 g/mol. The molecule has 0 fully saturated rings. The van der Waals surface area contributed by atoms with E-state index in [9.17, 15) is 0 Å². The van der Waals surface area contributed by atoms with Gasteiger partial charge in [-0.2, -0.15) is 0 Å². The molecule has 1 aliphatic carbocycles. The number of hydrogen-bond acceptors (Lipinski definition) is 2. The highest BCUT2D eigenvalue weighted by Gasteiger charge is 2.29. The molecule has 1 aliphatic rings. The van der Waals surface area contributed by atoms with Gasteiger partial charge in [0.2, 0.25) is 0 Å². The zero-order chi connectivity index (χ0) is 40.2. The minimum absolute atomic E-state index is 0.347. The number of rotatable bonds is 5. The molecule has 9 aromatic carbocycles. The van der Waals surface area contributed by atoms with Crippen molar-refractivity contribution < 1.29 is 8.83 Å². The molecule has 2 atom stereocenters. The molecular formula is C58H39NO2. The minimum Gasteiger partial charge on any atom is -0.456 e. The van der Waals surface area contributed by atoms with Gasteiger partial charge in [0.05, 0.1) is 11.0 Å². The van der Waals surface area contributed by atoms with Gasteiger partial charge in [0.1, 0.15) is 22.3 Å².